The van der Waals surface area contributed by atoms with Crippen LogP contribution >= 0.6 is 11.8 Å². The molecule has 3 nitrogen and oxygen atoms in total. The highest BCUT2D eigenvalue weighted by molar-refractivity contribution is 7.99. The molecule has 1 amide bonds. The van der Waals surface area contributed by atoms with E-state index >= 15 is 0 Å². The molecule has 76 valence electrons. The molecule has 0 N–H and O–H groups in total. The van der Waals surface area contributed by atoms with E-state index in [1.165, 1.54) is 42.0 Å². The van der Waals surface area contributed by atoms with Gasteiger partial charge in [0.05, 0.1) is 5.75 Å². The second-order valence-corrected chi connectivity index (χ2v) is 3.56. The monoisotopic (exact) mass is 214 g/mol. The van der Waals surface area contributed by atoms with Crippen molar-refractivity contribution in [2.75, 3.05) is 24.0 Å². The number of hydrogen-bond donors (Lipinski definition) is 0. The fourth-order valence-corrected chi connectivity index (χ4v) is 1.40. The number of aromatic nitrogens is 1. The van der Waals surface area contributed by atoms with Crippen LogP contribution < -0.4 is 4.90 Å². The zero-order valence-corrected chi connectivity index (χ0v) is 8.84. The van der Waals surface area contributed by atoms with Crippen molar-refractivity contribution in [3.05, 3.63) is 24.1 Å². The number of carbonyl (C=O) groups excluding carboxylic acids is 1. The van der Waals surface area contributed by atoms with Gasteiger partial charge in [0.1, 0.15) is 0 Å². The molecule has 1 rings (SSSR count). The fourth-order valence-electron chi connectivity index (χ4n) is 0.963. The van der Waals surface area contributed by atoms with Crippen molar-refractivity contribution < 1.29 is 9.18 Å². The average Bonchev–Trinajstić information content (AvgIpc) is 2.18. The van der Waals surface area contributed by atoms with E-state index in [0.29, 0.717) is 5.75 Å². The number of rotatable bonds is 3. The van der Waals surface area contributed by atoms with E-state index < -0.39 is 5.82 Å². The molecule has 0 saturated heterocycles. The normalized spacial score (nSPS) is 9.93. The molecule has 0 saturated carbocycles. The van der Waals surface area contributed by atoms with Gasteiger partial charge in [-0.05, 0) is 18.4 Å². The molecule has 1 aromatic rings. The van der Waals surface area contributed by atoms with Gasteiger partial charge < -0.3 is 0 Å². The zero-order chi connectivity index (χ0) is 10.6. The summed E-state index contributed by atoms with van der Waals surface area (Å²) in [5, 5.41) is 0. The highest BCUT2D eigenvalue weighted by Crippen LogP contribution is 2.14. The lowest BCUT2D eigenvalue weighted by Crippen LogP contribution is -2.29. The second-order valence-electron chi connectivity index (χ2n) is 2.69. The molecule has 0 aromatic carbocycles. The number of nitrogens with zero attached hydrogens (tertiary/aromatic N) is 2. The smallest absolute Gasteiger partial charge is 0.237 e. The molecule has 0 aliphatic rings. The third-order valence-electron chi connectivity index (χ3n) is 1.70. The number of carbonyl (C=O) groups is 1. The molecule has 0 aliphatic carbocycles. The molecule has 0 bridgehead atoms. The van der Waals surface area contributed by atoms with Gasteiger partial charge in [0, 0.05) is 13.2 Å². The molecular formula is C9H11FN2OS. The minimum atomic E-state index is -0.482. The van der Waals surface area contributed by atoms with E-state index in [1.54, 1.807) is 0 Å². The maximum atomic E-state index is 13.2. The highest BCUT2D eigenvalue weighted by atomic mass is 32.2. The van der Waals surface area contributed by atoms with Crippen LogP contribution in [0.3, 0.4) is 0 Å². The lowest BCUT2D eigenvalue weighted by atomic mass is 10.4. The first-order valence-corrected chi connectivity index (χ1v) is 5.42. The first kappa shape index (κ1) is 11.0. The Morgan fingerprint density at radius 2 is 2.43 bits per heavy atom. The van der Waals surface area contributed by atoms with Crippen LogP contribution in [-0.4, -0.2) is 29.9 Å². The Kier molecular flexibility index (Phi) is 3.88. The van der Waals surface area contributed by atoms with Gasteiger partial charge in [-0.3, -0.25) is 9.69 Å². The van der Waals surface area contributed by atoms with E-state index in [4.69, 9.17) is 0 Å². The van der Waals surface area contributed by atoms with Crippen molar-refractivity contribution >= 4 is 23.5 Å². The van der Waals surface area contributed by atoms with Crippen molar-refractivity contribution in [3.8, 4) is 0 Å². The Labute approximate surface area is 86.3 Å². The van der Waals surface area contributed by atoms with Crippen LogP contribution in [0.1, 0.15) is 0 Å². The van der Waals surface area contributed by atoms with Crippen LogP contribution in [0.25, 0.3) is 0 Å². The number of pyridine rings is 1. The average molecular weight is 214 g/mol. The summed E-state index contributed by atoms with van der Waals surface area (Å²) in [6, 6.07) is 2.77. The predicted molar refractivity (Wildman–Crippen MR) is 56.0 cm³/mol. The third kappa shape index (κ3) is 2.45. The SMILES string of the molecule is CSCC(=O)N(C)c1ncccc1F. The Morgan fingerprint density at radius 1 is 1.71 bits per heavy atom. The molecule has 0 spiro atoms. The van der Waals surface area contributed by atoms with Gasteiger partial charge in [-0.25, -0.2) is 9.37 Å². The van der Waals surface area contributed by atoms with Crippen LogP contribution in [0.15, 0.2) is 18.3 Å². The number of hydrogen-bond acceptors (Lipinski definition) is 3. The lowest BCUT2D eigenvalue weighted by molar-refractivity contribution is -0.115. The van der Waals surface area contributed by atoms with Gasteiger partial charge in [0.2, 0.25) is 5.91 Å². The van der Waals surface area contributed by atoms with Crippen molar-refractivity contribution in [2.24, 2.45) is 0 Å². The predicted octanol–water partition coefficient (Wildman–Crippen LogP) is 1.55. The molecule has 1 heterocycles. The summed E-state index contributed by atoms with van der Waals surface area (Å²) < 4.78 is 13.2. The van der Waals surface area contributed by atoms with Crippen LogP contribution in [0, 0.1) is 5.82 Å². The quantitative estimate of drug-likeness (QED) is 0.765. The topological polar surface area (TPSA) is 33.2 Å². The molecular weight excluding hydrogens is 203 g/mol. The van der Waals surface area contributed by atoms with Crippen molar-refractivity contribution in [3.63, 3.8) is 0 Å². The molecule has 1 aromatic heterocycles. The summed E-state index contributed by atoms with van der Waals surface area (Å²) in [5.74, 6) is -0.238. The van der Waals surface area contributed by atoms with E-state index in [-0.39, 0.29) is 11.7 Å². The Balaban J connectivity index is 2.84. The molecule has 0 radical (unpaired) electrons. The Hall–Kier alpha value is -1.10. The number of thioether (sulfide) groups is 1. The summed E-state index contributed by atoms with van der Waals surface area (Å²) >= 11 is 1.40. The number of amides is 1. The van der Waals surface area contributed by atoms with Crippen molar-refractivity contribution in [1.29, 1.82) is 0 Å². The lowest BCUT2D eigenvalue weighted by Gasteiger charge is -2.15. The van der Waals surface area contributed by atoms with E-state index in [2.05, 4.69) is 4.98 Å². The molecule has 5 heteroatoms. The van der Waals surface area contributed by atoms with E-state index in [0.717, 1.165) is 0 Å². The fraction of sp³-hybridized carbons (Fsp3) is 0.333. The first-order chi connectivity index (χ1) is 6.66. The van der Waals surface area contributed by atoms with E-state index in [9.17, 15) is 9.18 Å². The molecule has 0 atom stereocenters. The van der Waals surface area contributed by atoms with Gasteiger partial charge >= 0.3 is 0 Å². The van der Waals surface area contributed by atoms with Gasteiger partial charge in [-0.15, -0.1) is 0 Å². The van der Waals surface area contributed by atoms with Crippen LogP contribution in [0.2, 0.25) is 0 Å². The standard InChI is InChI=1S/C9H11FN2OS/c1-12(8(13)6-14-2)9-7(10)4-3-5-11-9/h3-5H,6H2,1-2H3. The molecule has 0 fully saturated rings. The minimum absolute atomic E-state index is 0.0755. The second kappa shape index (κ2) is 4.95. The number of anilines is 1. The molecule has 0 aliphatic heterocycles. The summed E-state index contributed by atoms with van der Waals surface area (Å²) in [6.07, 6.45) is 3.28. The van der Waals surface area contributed by atoms with Gasteiger partial charge in [0.15, 0.2) is 11.6 Å². The summed E-state index contributed by atoms with van der Waals surface area (Å²) in [6.45, 7) is 0. The van der Waals surface area contributed by atoms with Crippen LogP contribution in [-0.2, 0) is 4.79 Å². The Morgan fingerprint density at radius 3 is 3.00 bits per heavy atom. The zero-order valence-electron chi connectivity index (χ0n) is 8.03. The maximum absolute atomic E-state index is 13.2. The highest BCUT2D eigenvalue weighted by Gasteiger charge is 2.14. The summed E-state index contributed by atoms with van der Waals surface area (Å²) in [7, 11) is 1.52. The van der Waals surface area contributed by atoms with Crippen LogP contribution in [0.5, 0.6) is 0 Å². The van der Waals surface area contributed by atoms with Crippen molar-refractivity contribution in [2.45, 2.75) is 0 Å². The van der Waals surface area contributed by atoms with Gasteiger partial charge in [-0.1, -0.05) is 0 Å². The maximum Gasteiger partial charge on any atom is 0.237 e. The van der Waals surface area contributed by atoms with Gasteiger partial charge in [-0.2, -0.15) is 11.8 Å². The van der Waals surface area contributed by atoms with Gasteiger partial charge in [0.25, 0.3) is 0 Å². The first-order valence-electron chi connectivity index (χ1n) is 4.03. The molecule has 14 heavy (non-hydrogen) atoms. The Bertz CT molecular complexity index is 332. The largest absolute Gasteiger partial charge is 0.297 e. The molecule has 0 unspecified atom stereocenters. The summed E-state index contributed by atoms with van der Waals surface area (Å²) in [4.78, 5) is 16.4. The third-order valence-corrected chi connectivity index (χ3v) is 2.23. The minimum Gasteiger partial charge on any atom is -0.297 e. The number of halogens is 1. The summed E-state index contributed by atoms with van der Waals surface area (Å²) in [5.41, 5.74) is 0. The van der Waals surface area contributed by atoms with Crippen molar-refractivity contribution in [1.82, 2.24) is 4.98 Å². The van der Waals surface area contributed by atoms with E-state index in [1.807, 2.05) is 6.26 Å². The van der Waals surface area contributed by atoms with Crippen LogP contribution in [0.4, 0.5) is 10.2 Å².